The Morgan fingerprint density at radius 2 is 1.21 bits per heavy atom. The number of rotatable bonds is 6. The lowest BCUT2D eigenvalue weighted by molar-refractivity contribution is 0.0212. The van der Waals surface area contributed by atoms with E-state index >= 15 is 0 Å². The second-order valence-corrected chi connectivity index (χ2v) is 5.57. The quantitative estimate of drug-likeness (QED) is 0.645. The molecule has 0 aliphatic rings. The average Bonchev–Trinajstić information content (AvgIpc) is 2.57. The Kier molecular flexibility index (Phi) is 5.54. The van der Waals surface area contributed by atoms with Gasteiger partial charge in [0, 0.05) is 5.92 Å². The van der Waals surface area contributed by atoms with Gasteiger partial charge < -0.3 is 29.9 Å². The molecule has 4 N–H and O–H groups in total. The van der Waals surface area contributed by atoms with Gasteiger partial charge in [0.05, 0.1) is 26.4 Å². The molecule has 2 aromatic carbocycles. The Morgan fingerprint density at radius 1 is 0.792 bits per heavy atom. The van der Waals surface area contributed by atoms with E-state index in [1.807, 2.05) is 0 Å². The number of hydrogen-bond donors (Lipinski definition) is 4. The van der Waals surface area contributed by atoms with Gasteiger partial charge in [-0.1, -0.05) is 12.1 Å². The third-order valence-electron chi connectivity index (χ3n) is 3.96. The van der Waals surface area contributed by atoms with Crippen LogP contribution in [0, 0.1) is 0 Å². The number of aromatic hydroxyl groups is 2. The van der Waals surface area contributed by atoms with E-state index in [0.717, 1.165) is 0 Å². The number of hydrogen-bond acceptors (Lipinski definition) is 6. The summed E-state index contributed by atoms with van der Waals surface area (Å²) >= 11 is 0. The minimum absolute atomic E-state index is 0.0187. The van der Waals surface area contributed by atoms with Crippen LogP contribution in [0.5, 0.6) is 23.0 Å². The topological polar surface area (TPSA) is 99.4 Å². The van der Waals surface area contributed by atoms with Gasteiger partial charge >= 0.3 is 0 Å². The summed E-state index contributed by atoms with van der Waals surface area (Å²) in [6.07, 6.45) is -2.09. The lowest BCUT2D eigenvalue weighted by Gasteiger charge is -2.27. The second kappa shape index (κ2) is 7.42. The molecule has 0 heterocycles. The van der Waals surface area contributed by atoms with E-state index in [4.69, 9.17) is 9.47 Å². The van der Waals surface area contributed by atoms with Crippen molar-refractivity contribution >= 4 is 0 Å². The Bertz CT molecular complexity index is 644. The van der Waals surface area contributed by atoms with E-state index in [2.05, 4.69) is 0 Å². The fraction of sp³-hybridized carbons (Fsp3) is 0.333. The molecule has 0 aliphatic carbocycles. The molecular weight excluding hydrogens is 312 g/mol. The predicted molar refractivity (Wildman–Crippen MR) is 88.8 cm³/mol. The summed E-state index contributed by atoms with van der Waals surface area (Å²) in [5.74, 6) is -0.110. The van der Waals surface area contributed by atoms with Crippen molar-refractivity contribution in [3.8, 4) is 23.0 Å². The van der Waals surface area contributed by atoms with Crippen LogP contribution in [-0.4, -0.2) is 46.9 Å². The average molecular weight is 334 g/mol. The van der Waals surface area contributed by atoms with E-state index in [0.29, 0.717) is 11.1 Å². The van der Waals surface area contributed by atoms with Crippen molar-refractivity contribution in [2.75, 3.05) is 14.2 Å². The molecule has 130 valence electrons. The molecular formula is C18H22O6. The molecule has 6 heteroatoms. The van der Waals surface area contributed by atoms with Crippen LogP contribution in [-0.2, 0) is 0 Å². The lowest BCUT2D eigenvalue weighted by atomic mass is 9.84. The second-order valence-electron chi connectivity index (χ2n) is 5.57. The first kappa shape index (κ1) is 17.9. The summed E-state index contributed by atoms with van der Waals surface area (Å²) in [6, 6.07) is 9.43. The maximum atomic E-state index is 10.5. The number of methoxy groups -OCH3 is 2. The zero-order valence-electron chi connectivity index (χ0n) is 13.8. The Morgan fingerprint density at radius 3 is 1.54 bits per heavy atom. The van der Waals surface area contributed by atoms with E-state index < -0.39 is 18.1 Å². The van der Waals surface area contributed by atoms with Crippen LogP contribution >= 0.6 is 0 Å². The van der Waals surface area contributed by atoms with E-state index in [1.165, 1.54) is 33.3 Å². The number of ether oxygens (including phenoxy) is 2. The molecule has 0 radical (unpaired) electrons. The normalized spacial score (nSPS) is 13.6. The number of benzene rings is 2. The molecule has 0 aromatic heterocycles. The number of phenols is 2. The summed E-state index contributed by atoms with van der Waals surface area (Å²) in [7, 11) is 2.87. The summed E-state index contributed by atoms with van der Waals surface area (Å²) in [4.78, 5) is 0. The van der Waals surface area contributed by atoms with Gasteiger partial charge in [-0.05, 0) is 42.3 Å². The Balaban J connectivity index is 2.57. The standard InChI is InChI=1S/C18H22O6/c1-10(19)18(22)17(11-4-6-13(20)15(8-11)23-2)12-5-7-14(21)16(9-12)24-3/h4-10,17-22H,1-3H3. The molecule has 2 atom stereocenters. The van der Waals surface area contributed by atoms with Gasteiger partial charge in [-0.15, -0.1) is 0 Å². The van der Waals surface area contributed by atoms with Crippen molar-refractivity contribution in [2.24, 2.45) is 0 Å². The van der Waals surface area contributed by atoms with Crippen molar-refractivity contribution in [3.05, 3.63) is 47.5 Å². The number of phenolic OH excluding ortho intramolecular Hbond substituents is 2. The molecule has 0 spiro atoms. The Labute approximate surface area is 140 Å². The minimum atomic E-state index is -1.10. The smallest absolute Gasteiger partial charge is 0.160 e. The summed E-state index contributed by atoms with van der Waals surface area (Å²) in [6.45, 7) is 1.49. The SMILES string of the molecule is COc1cc(C(c2ccc(O)c(OC)c2)C(O)C(C)O)ccc1O. The van der Waals surface area contributed by atoms with Gasteiger partial charge in [-0.25, -0.2) is 0 Å². The molecule has 6 nitrogen and oxygen atoms in total. The molecule has 0 fully saturated rings. The van der Waals surface area contributed by atoms with E-state index in [-0.39, 0.29) is 23.0 Å². The molecule has 0 aliphatic heterocycles. The molecule has 0 saturated carbocycles. The minimum Gasteiger partial charge on any atom is -0.504 e. The highest BCUT2D eigenvalue weighted by atomic mass is 16.5. The van der Waals surface area contributed by atoms with Crippen molar-refractivity contribution in [2.45, 2.75) is 25.0 Å². The molecule has 2 rings (SSSR count). The summed E-state index contributed by atoms with van der Waals surface area (Å²) in [5, 5.41) is 39.9. The molecule has 24 heavy (non-hydrogen) atoms. The van der Waals surface area contributed by atoms with Crippen LogP contribution in [0.4, 0.5) is 0 Å². The molecule has 0 bridgehead atoms. The highest BCUT2D eigenvalue weighted by Crippen LogP contribution is 2.38. The van der Waals surface area contributed by atoms with Crippen LogP contribution in [0.1, 0.15) is 24.0 Å². The fourth-order valence-electron chi connectivity index (χ4n) is 2.64. The van der Waals surface area contributed by atoms with Gasteiger partial charge in [-0.3, -0.25) is 0 Å². The fourth-order valence-corrected chi connectivity index (χ4v) is 2.64. The molecule has 0 saturated heterocycles. The van der Waals surface area contributed by atoms with Crippen LogP contribution < -0.4 is 9.47 Å². The van der Waals surface area contributed by atoms with E-state index in [1.54, 1.807) is 24.3 Å². The van der Waals surface area contributed by atoms with E-state index in [9.17, 15) is 20.4 Å². The van der Waals surface area contributed by atoms with Crippen LogP contribution in [0.2, 0.25) is 0 Å². The first-order valence-electron chi connectivity index (χ1n) is 7.49. The zero-order chi connectivity index (χ0) is 17.9. The number of aliphatic hydroxyl groups excluding tert-OH is 2. The maximum Gasteiger partial charge on any atom is 0.160 e. The van der Waals surface area contributed by atoms with Crippen molar-refractivity contribution in [1.29, 1.82) is 0 Å². The molecule has 2 unspecified atom stereocenters. The first-order chi connectivity index (χ1) is 11.4. The van der Waals surface area contributed by atoms with Crippen molar-refractivity contribution < 1.29 is 29.9 Å². The van der Waals surface area contributed by atoms with Gasteiger partial charge in [0.1, 0.15) is 0 Å². The van der Waals surface area contributed by atoms with Crippen LogP contribution in [0.3, 0.4) is 0 Å². The zero-order valence-corrected chi connectivity index (χ0v) is 13.8. The highest BCUT2D eigenvalue weighted by molar-refractivity contribution is 5.49. The Hall–Kier alpha value is -2.44. The van der Waals surface area contributed by atoms with Gasteiger partial charge in [0.15, 0.2) is 23.0 Å². The van der Waals surface area contributed by atoms with Crippen molar-refractivity contribution in [1.82, 2.24) is 0 Å². The highest BCUT2D eigenvalue weighted by Gasteiger charge is 2.28. The summed E-state index contributed by atoms with van der Waals surface area (Å²) < 4.78 is 10.2. The third kappa shape index (κ3) is 3.55. The molecule has 2 aromatic rings. The first-order valence-corrected chi connectivity index (χ1v) is 7.49. The largest absolute Gasteiger partial charge is 0.504 e. The summed E-state index contributed by atoms with van der Waals surface area (Å²) in [5.41, 5.74) is 1.29. The molecule has 0 amide bonds. The van der Waals surface area contributed by atoms with Gasteiger partial charge in [0.2, 0.25) is 0 Å². The maximum absolute atomic E-state index is 10.5. The predicted octanol–water partition coefficient (Wildman–Crippen LogP) is 1.99. The number of aliphatic hydroxyl groups is 2. The lowest BCUT2D eigenvalue weighted by Crippen LogP contribution is -2.30. The van der Waals surface area contributed by atoms with Gasteiger partial charge in [0.25, 0.3) is 0 Å². The third-order valence-corrected chi connectivity index (χ3v) is 3.96. The van der Waals surface area contributed by atoms with Gasteiger partial charge in [-0.2, -0.15) is 0 Å². The van der Waals surface area contributed by atoms with Crippen LogP contribution in [0.15, 0.2) is 36.4 Å². The van der Waals surface area contributed by atoms with Crippen LogP contribution in [0.25, 0.3) is 0 Å². The monoisotopic (exact) mass is 334 g/mol. The van der Waals surface area contributed by atoms with Crippen molar-refractivity contribution in [3.63, 3.8) is 0 Å².